The maximum Gasteiger partial charge on any atom is 0.274 e. The molecule has 0 spiro atoms. The minimum atomic E-state index is -0.478. The molecule has 1 aromatic heterocycles. The number of hydrogen-bond acceptors (Lipinski definition) is 5. The van der Waals surface area contributed by atoms with Gasteiger partial charge in [-0.25, -0.2) is 4.39 Å². The summed E-state index contributed by atoms with van der Waals surface area (Å²) in [7, 11) is 1.59. The summed E-state index contributed by atoms with van der Waals surface area (Å²) in [4.78, 5) is 12.7. The molecule has 0 aliphatic heterocycles. The molecule has 0 aliphatic carbocycles. The molecule has 6 nitrogen and oxygen atoms in total. The fourth-order valence-electron chi connectivity index (χ4n) is 2.71. The van der Waals surface area contributed by atoms with E-state index in [4.69, 9.17) is 14.0 Å². The van der Waals surface area contributed by atoms with E-state index in [9.17, 15) is 9.18 Å². The normalized spacial score (nSPS) is 11.7. The number of rotatable bonds is 7. The van der Waals surface area contributed by atoms with Crippen molar-refractivity contribution in [1.82, 2.24) is 10.5 Å². The number of para-hydroxylation sites is 1. The summed E-state index contributed by atoms with van der Waals surface area (Å²) < 4.78 is 29.6. The molecule has 1 atom stereocenters. The van der Waals surface area contributed by atoms with Crippen LogP contribution in [0.2, 0.25) is 0 Å². The van der Waals surface area contributed by atoms with Gasteiger partial charge in [0.15, 0.2) is 17.3 Å². The maximum absolute atomic E-state index is 13.7. The van der Waals surface area contributed by atoms with Crippen molar-refractivity contribution in [2.45, 2.75) is 26.5 Å². The Bertz CT molecular complexity index is 971. The molecule has 1 N–H and O–H groups in total. The number of nitrogens with one attached hydrogen (secondary N) is 1. The molecule has 1 unspecified atom stereocenters. The second-order valence-corrected chi connectivity index (χ2v) is 6.26. The van der Waals surface area contributed by atoms with Crippen LogP contribution >= 0.6 is 0 Å². The molecule has 3 aromatic rings. The molecule has 2 aromatic carbocycles. The topological polar surface area (TPSA) is 73.6 Å². The van der Waals surface area contributed by atoms with Gasteiger partial charge in [0.05, 0.1) is 18.7 Å². The van der Waals surface area contributed by atoms with E-state index in [0.29, 0.717) is 17.1 Å². The van der Waals surface area contributed by atoms with E-state index in [1.54, 1.807) is 26.2 Å². The number of ether oxygens (including phenoxy) is 2. The summed E-state index contributed by atoms with van der Waals surface area (Å²) in [6, 6.07) is 13.2. The molecule has 0 saturated heterocycles. The van der Waals surface area contributed by atoms with Gasteiger partial charge in [0.25, 0.3) is 5.91 Å². The molecule has 0 bridgehead atoms. The van der Waals surface area contributed by atoms with Crippen molar-refractivity contribution >= 4 is 5.91 Å². The summed E-state index contributed by atoms with van der Waals surface area (Å²) in [6.45, 7) is 3.50. The van der Waals surface area contributed by atoms with Crippen LogP contribution in [0, 0.1) is 12.7 Å². The van der Waals surface area contributed by atoms with Gasteiger partial charge in [-0.1, -0.05) is 29.4 Å². The second-order valence-electron chi connectivity index (χ2n) is 6.26. The van der Waals surface area contributed by atoms with E-state index in [2.05, 4.69) is 10.5 Å². The predicted octanol–water partition coefficient (Wildman–Crippen LogP) is 4.20. The van der Waals surface area contributed by atoms with Crippen LogP contribution in [0.15, 0.2) is 53.1 Å². The van der Waals surface area contributed by atoms with Gasteiger partial charge in [-0.15, -0.1) is 0 Å². The number of benzene rings is 2. The van der Waals surface area contributed by atoms with Gasteiger partial charge in [-0.2, -0.15) is 0 Å². The molecule has 1 heterocycles. The number of hydrogen-bond donors (Lipinski definition) is 1. The average Bonchev–Trinajstić information content (AvgIpc) is 3.08. The smallest absolute Gasteiger partial charge is 0.274 e. The predicted molar refractivity (Wildman–Crippen MR) is 101 cm³/mol. The summed E-state index contributed by atoms with van der Waals surface area (Å²) in [6.07, 6.45) is 0. The molecule has 0 radical (unpaired) electrons. The highest BCUT2D eigenvalue weighted by molar-refractivity contribution is 5.94. The molecule has 0 aliphatic rings. The summed E-state index contributed by atoms with van der Waals surface area (Å²) in [5.41, 5.74) is 1.47. The number of methoxy groups -OCH3 is 1. The molecule has 1 amide bonds. The first kappa shape index (κ1) is 19.4. The quantitative estimate of drug-likeness (QED) is 0.661. The number of aryl methyl sites for hydroxylation is 1. The van der Waals surface area contributed by atoms with E-state index in [-0.39, 0.29) is 24.1 Å². The number of carbonyl (C=O) groups is 1. The zero-order valence-corrected chi connectivity index (χ0v) is 15.9. The lowest BCUT2D eigenvalue weighted by Gasteiger charge is -2.15. The number of halogens is 1. The highest BCUT2D eigenvalue weighted by Gasteiger charge is 2.22. The monoisotopic (exact) mass is 384 g/mol. The number of aromatic nitrogens is 1. The van der Waals surface area contributed by atoms with Crippen LogP contribution in [0.3, 0.4) is 0 Å². The number of carbonyl (C=O) groups excluding carboxylic acids is 1. The van der Waals surface area contributed by atoms with E-state index >= 15 is 0 Å². The van der Waals surface area contributed by atoms with Crippen molar-refractivity contribution in [1.29, 1.82) is 0 Å². The maximum atomic E-state index is 13.7. The molecule has 0 saturated carbocycles. The molecule has 0 fully saturated rings. The summed E-state index contributed by atoms with van der Waals surface area (Å²) in [5.74, 6) is 0.359. The summed E-state index contributed by atoms with van der Waals surface area (Å²) in [5, 5.41) is 6.73. The Morgan fingerprint density at radius 3 is 2.79 bits per heavy atom. The Balaban J connectivity index is 1.73. The van der Waals surface area contributed by atoms with Gasteiger partial charge in [0.1, 0.15) is 18.1 Å². The van der Waals surface area contributed by atoms with Crippen molar-refractivity contribution in [2.24, 2.45) is 0 Å². The van der Waals surface area contributed by atoms with Crippen LogP contribution in [0.25, 0.3) is 0 Å². The van der Waals surface area contributed by atoms with Crippen LogP contribution in [0.5, 0.6) is 11.5 Å². The fraction of sp³-hybridized carbons (Fsp3) is 0.238. The van der Waals surface area contributed by atoms with Crippen LogP contribution < -0.4 is 14.8 Å². The highest BCUT2D eigenvalue weighted by Crippen LogP contribution is 2.22. The molecular formula is C21H21FN2O4. The van der Waals surface area contributed by atoms with Gasteiger partial charge >= 0.3 is 0 Å². The first-order valence-corrected chi connectivity index (χ1v) is 8.77. The molecule has 146 valence electrons. The first-order valence-electron chi connectivity index (χ1n) is 8.77. The third-order valence-electron chi connectivity index (χ3n) is 4.35. The largest absolute Gasteiger partial charge is 0.497 e. The van der Waals surface area contributed by atoms with Gasteiger partial charge in [-0.3, -0.25) is 4.79 Å². The average molecular weight is 384 g/mol. The Kier molecular flexibility index (Phi) is 5.93. The summed E-state index contributed by atoms with van der Waals surface area (Å²) >= 11 is 0. The Hall–Kier alpha value is -3.35. The van der Waals surface area contributed by atoms with E-state index in [1.807, 2.05) is 31.2 Å². The Morgan fingerprint density at radius 1 is 1.25 bits per heavy atom. The Labute approximate surface area is 162 Å². The first-order chi connectivity index (χ1) is 13.5. The molecule has 7 heteroatoms. The third-order valence-corrected chi connectivity index (χ3v) is 4.35. The van der Waals surface area contributed by atoms with Crippen LogP contribution in [-0.2, 0) is 6.61 Å². The SMILES string of the molecule is COc1cccc(C(C)NC(=O)c2noc(C)c2COc2ccccc2F)c1. The van der Waals surface area contributed by atoms with Crippen molar-refractivity contribution in [3.63, 3.8) is 0 Å². The lowest BCUT2D eigenvalue weighted by atomic mass is 10.1. The molecule has 3 rings (SSSR count). The highest BCUT2D eigenvalue weighted by atomic mass is 19.1. The van der Waals surface area contributed by atoms with Crippen molar-refractivity contribution in [3.8, 4) is 11.5 Å². The minimum absolute atomic E-state index is 0.0352. The van der Waals surface area contributed by atoms with Gasteiger partial charge in [0.2, 0.25) is 0 Å². The Morgan fingerprint density at radius 2 is 2.04 bits per heavy atom. The van der Waals surface area contributed by atoms with Crippen LogP contribution in [0.1, 0.15) is 40.3 Å². The number of amides is 1. The third kappa shape index (κ3) is 4.31. The standard InChI is InChI=1S/C21H21FN2O4/c1-13(15-7-6-8-16(11-15)26-3)23-21(25)20-17(14(2)28-24-20)12-27-19-10-5-4-9-18(19)22/h4-11,13H,12H2,1-3H3,(H,23,25). The lowest BCUT2D eigenvalue weighted by molar-refractivity contribution is 0.0928. The second kappa shape index (κ2) is 8.56. The van der Waals surface area contributed by atoms with E-state index in [1.165, 1.54) is 12.1 Å². The van der Waals surface area contributed by atoms with Crippen molar-refractivity contribution < 1.29 is 23.2 Å². The van der Waals surface area contributed by atoms with Crippen LogP contribution in [0.4, 0.5) is 4.39 Å². The van der Waals surface area contributed by atoms with E-state index in [0.717, 1.165) is 5.56 Å². The molecular weight excluding hydrogens is 363 g/mol. The zero-order chi connectivity index (χ0) is 20.1. The van der Waals surface area contributed by atoms with Crippen LogP contribution in [-0.4, -0.2) is 18.2 Å². The molecule has 28 heavy (non-hydrogen) atoms. The van der Waals surface area contributed by atoms with Gasteiger partial charge < -0.3 is 19.3 Å². The fourth-order valence-corrected chi connectivity index (χ4v) is 2.71. The van der Waals surface area contributed by atoms with Gasteiger partial charge in [-0.05, 0) is 43.7 Å². The van der Waals surface area contributed by atoms with Gasteiger partial charge in [0, 0.05) is 0 Å². The van der Waals surface area contributed by atoms with E-state index < -0.39 is 11.7 Å². The number of nitrogens with zero attached hydrogens (tertiary/aromatic N) is 1. The van der Waals surface area contributed by atoms with Crippen molar-refractivity contribution in [3.05, 3.63) is 76.9 Å². The lowest BCUT2D eigenvalue weighted by Crippen LogP contribution is -2.28. The zero-order valence-electron chi connectivity index (χ0n) is 15.9. The minimum Gasteiger partial charge on any atom is -0.497 e. The van der Waals surface area contributed by atoms with Crippen molar-refractivity contribution in [2.75, 3.05) is 7.11 Å².